The van der Waals surface area contributed by atoms with Crippen LogP contribution in [0.3, 0.4) is 0 Å². The van der Waals surface area contributed by atoms with Gasteiger partial charge >= 0.3 is 0 Å². The van der Waals surface area contributed by atoms with E-state index in [1.165, 1.54) is 0 Å². The molecule has 0 amide bonds. The summed E-state index contributed by atoms with van der Waals surface area (Å²) in [6.45, 7) is 4.39. The topological polar surface area (TPSA) is 53.1 Å². The molecule has 0 unspecified atom stereocenters. The standard InChI is InChI=1S/C7H13N3O/c1-4-11-7-6(8)10(3)5(2)9-7/h4,8H2,1-3H3. The highest BCUT2D eigenvalue weighted by Gasteiger charge is 2.08. The summed E-state index contributed by atoms with van der Waals surface area (Å²) in [5, 5.41) is 0. The van der Waals surface area contributed by atoms with Crippen molar-refractivity contribution >= 4 is 5.82 Å². The van der Waals surface area contributed by atoms with Gasteiger partial charge in [-0.1, -0.05) is 0 Å². The highest BCUT2D eigenvalue weighted by Crippen LogP contribution is 2.19. The second-order valence-electron chi connectivity index (χ2n) is 2.34. The van der Waals surface area contributed by atoms with Crippen molar-refractivity contribution in [2.24, 2.45) is 7.05 Å². The molecule has 62 valence electrons. The lowest BCUT2D eigenvalue weighted by Gasteiger charge is -1.99. The molecule has 0 fully saturated rings. The van der Waals surface area contributed by atoms with Gasteiger partial charge in [0, 0.05) is 7.05 Å². The maximum absolute atomic E-state index is 5.66. The first kappa shape index (κ1) is 7.91. The van der Waals surface area contributed by atoms with E-state index in [0.29, 0.717) is 18.3 Å². The molecule has 0 aliphatic heterocycles. The number of aromatic nitrogens is 2. The Labute approximate surface area is 66.0 Å². The van der Waals surface area contributed by atoms with Crippen molar-refractivity contribution in [3.8, 4) is 5.88 Å². The van der Waals surface area contributed by atoms with Crippen LogP contribution >= 0.6 is 0 Å². The monoisotopic (exact) mass is 155 g/mol. The van der Waals surface area contributed by atoms with Crippen LogP contribution in [0.25, 0.3) is 0 Å². The third-order valence-electron chi connectivity index (χ3n) is 1.61. The quantitative estimate of drug-likeness (QED) is 0.684. The van der Waals surface area contributed by atoms with Crippen molar-refractivity contribution < 1.29 is 4.74 Å². The summed E-state index contributed by atoms with van der Waals surface area (Å²) in [6.07, 6.45) is 0. The highest BCUT2D eigenvalue weighted by atomic mass is 16.5. The van der Waals surface area contributed by atoms with E-state index in [1.54, 1.807) is 4.57 Å². The van der Waals surface area contributed by atoms with Gasteiger partial charge in [-0.25, -0.2) is 0 Å². The molecule has 0 aliphatic carbocycles. The molecule has 11 heavy (non-hydrogen) atoms. The predicted octanol–water partition coefficient (Wildman–Crippen LogP) is 0.709. The lowest BCUT2D eigenvalue weighted by molar-refractivity contribution is 0.330. The van der Waals surface area contributed by atoms with Gasteiger partial charge in [0.15, 0.2) is 5.82 Å². The summed E-state index contributed by atoms with van der Waals surface area (Å²) in [7, 11) is 1.86. The average molecular weight is 155 g/mol. The van der Waals surface area contributed by atoms with Crippen molar-refractivity contribution in [2.45, 2.75) is 13.8 Å². The molecular formula is C7H13N3O. The van der Waals surface area contributed by atoms with Gasteiger partial charge in [0.2, 0.25) is 0 Å². The Bertz CT molecular complexity index is 254. The van der Waals surface area contributed by atoms with Crippen LogP contribution in [0.15, 0.2) is 0 Å². The van der Waals surface area contributed by atoms with Crippen LogP contribution in [0.1, 0.15) is 12.7 Å². The predicted molar refractivity (Wildman–Crippen MR) is 43.5 cm³/mol. The van der Waals surface area contributed by atoms with E-state index in [4.69, 9.17) is 10.5 Å². The lowest BCUT2D eigenvalue weighted by Crippen LogP contribution is -1.99. The van der Waals surface area contributed by atoms with Crippen molar-refractivity contribution in [1.82, 2.24) is 9.55 Å². The number of imidazole rings is 1. The van der Waals surface area contributed by atoms with Gasteiger partial charge in [0.05, 0.1) is 6.61 Å². The normalized spacial score (nSPS) is 10.1. The first-order chi connectivity index (χ1) is 5.16. The minimum Gasteiger partial charge on any atom is -0.475 e. The number of aryl methyl sites for hydroxylation is 1. The summed E-state index contributed by atoms with van der Waals surface area (Å²) in [5.41, 5.74) is 5.66. The van der Waals surface area contributed by atoms with E-state index in [-0.39, 0.29) is 0 Å². The number of hydrogen-bond donors (Lipinski definition) is 1. The summed E-state index contributed by atoms with van der Waals surface area (Å²) in [4.78, 5) is 4.12. The minimum atomic E-state index is 0.535. The Morgan fingerprint density at radius 2 is 2.27 bits per heavy atom. The first-order valence-electron chi connectivity index (χ1n) is 3.58. The maximum atomic E-state index is 5.66. The number of nitrogens with two attached hydrogens (primary N) is 1. The molecular weight excluding hydrogens is 142 g/mol. The van der Waals surface area contributed by atoms with Gasteiger partial charge in [-0.05, 0) is 13.8 Å². The van der Waals surface area contributed by atoms with Gasteiger partial charge < -0.3 is 15.0 Å². The zero-order chi connectivity index (χ0) is 8.43. The molecule has 4 heteroatoms. The lowest BCUT2D eigenvalue weighted by atomic mass is 10.7. The number of nitrogen functional groups attached to an aromatic ring is 1. The molecule has 1 aromatic heterocycles. The van der Waals surface area contributed by atoms with Crippen molar-refractivity contribution in [2.75, 3.05) is 12.3 Å². The van der Waals surface area contributed by atoms with Gasteiger partial charge in [-0.15, -0.1) is 0 Å². The molecule has 1 heterocycles. The Morgan fingerprint density at radius 3 is 2.64 bits per heavy atom. The van der Waals surface area contributed by atoms with E-state index < -0.39 is 0 Å². The van der Waals surface area contributed by atoms with E-state index in [9.17, 15) is 0 Å². The first-order valence-corrected chi connectivity index (χ1v) is 3.58. The van der Waals surface area contributed by atoms with Gasteiger partial charge in [0.25, 0.3) is 5.88 Å². The summed E-state index contributed by atoms with van der Waals surface area (Å²) >= 11 is 0. The largest absolute Gasteiger partial charge is 0.475 e. The van der Waals surface area contributed by atoms with Crippen LogP contribution in [0.2, 0.25) is 0 Å². The minimum absolute atomic E-state index is 0.535. The molecule has 0 aromatic carbocycles. The average Bonchev–Trinajstić information content (AvgIpc) is 2.19. The molecule has 1 rings (SSSR count). The van der Waals surface area contributed by atoms with Gasteiger partial charge in [-0.2, -0.15) is 4.98 Å². The Hall–Kier alpha value is -1.19. The van der Waals surface area contributed by atoms with Crippen LogP contribution in [-0.4, -0.2) is 16.2 Å². The van der Waals surface area contributed by atoms with Gasteiger partial charge in [-0.3, -0.25) is 0 Å². The molecule has 0 saturated heterocycles. The number of ether oxygens (including phenoxy) is 1. The van der Waals surface area contributed by atoms with E-state index in [0.717, 1.165) is 5.82 Å². The van der Waals surface area contributed by atoms with Crippen molar-refractivity contribution in [3.05, 3.63) is 5.82 Å². The van der Waals surface area contributed by atoms with Crippen LogP contribution < -0.4 is 10.5 Å². The fraction of sp³-hybridized carbons (Fsp3) is 0.571. The Balaban J connectivity index is 2.98. The SMILES string of the molecule is CCOc1nc(C)n(C)c1N. The number of rotatable bonds is 2. The zero-order valence-corrected chi connectivity index (χ0v) is 7.09. The van der Waals surface area contributed by atoms with Crippen LogP contribution in [0.4, 0.5) is 5.82 Å². The fourth-order valence-electron chi connectivity index (χ4n) is 0.840. The number of hydrogen-bond acceptors (Lipinski definition) is 3. The zero-order valence-electron chi connectivity index (χ0n) is 7.09. The Kier molecular flexibility index (Phi) is 2.03. The maximum Gasteiger partial charge on any atom is 0.257 e. The van der Waals surface area contributed by atoms with Crippen LogP contribution in [-0.2, 0) is 7.05 Å². The van der Waals surface area contributed by atoms with E-state index in [1.807, 2.05) is 20.9 Å². The molecule has 0 saturated carbocycles. The van der Waals surface area contributed by atoms with Crippen LogP contribution in [0, 0.1) is 6.92 Å². The summed E-state index contributed by atoms with van der Waals surface area (Å²) in [5.74, 6) is 1.99. The van der Waals surface area contributed by atoms with Gasteiger partial charge in [0.1, 0.15) is 5.82 Å². The Morgan fingerprint density at radius 1 is 1.64 bits per heavy atom. The highest BCUT2D eigenvalue weighted by molar-refractivity contribution is 5.43. The van der Waals surface area contributed by atoms with E-state index in [2.05, 4.69) is 4.98 Å². The van der Waals surface area contributed by atoms with E-state index >= 15 is 0 Å². The third kappa shape index (κ3) is 1.29. The summed E-state index contributed by atoms with van der Waals surface area (Å²) < 4.78 is 6.98. The second-order valence-corrected chi connectivity index (χ2v) is 2.34. The number of anilines is 1. The number of nitrogens with zero attached hydrogens (tertiary/aromatic N) is 2. The third-order valence-corrected chi connectivity index (χ3v) is 1.61. The second kappa shape index (κ2) is 2.82. The molecule has 4 nitrogen and oxygen atoms in total. The fourth-order valence-corrected chi connectivity index (χ4v) is 0.840. The molecule has 0 aliphatic rings. The smallest absolute Gasteiger partial charge is 0.257 e. The molecule has 2 N–H and O–H groups in total. The molecule has 0 bridgehead atoms. The van der Waals surface area contributed by atoms with Crippen molar-refractivity contribution in [3.63, 3.8) is 0 Å². The van der Waals surface area contributed by atoms with Crippen LogP contribution in [0.5, 0.6) is 5.88 Å². The molecule has 0 spiro atoms. The molecule has 1 aromatic rings. The molecule has 0 atom stereocenters. The summed E-state index contributed by atoms with van der Waals surface area (Å²) in [6, 6.07) is 0. The molecule has 0 radical (unpaired) electrons. The van der Waals surface area contributed by atoms with Crippen molar-refractivity contribution in [1.29, 1.82) is 0 Å².